The third-order valence-electron chi connectivity index (χ3n) is 6.24. The van der Waals surface area contributed by atoms with Crippen molar-refractivity contribution in [3.63, 3.8) is 0 Å². The Morgan fingerprint density at radius 1 is 1.03 bits per heavy atom. The number of carbonyl (C=O) groups is 1. The van der Waals surface area contributed by atoms with Crippen LogP contribution in [0.3, 0.4) is 0 Å². The first-order valence-electron chi connectivity index (χ1n) is 12.2. The maximum absolute atomic E-state index is 12.8. The normalized spacial score (nSPS) is 15.8. The number of nitrogens with one attached hydrogen (secondary N) is 1. The summed E-state index contributed by atoms with van der Waals surface area (Å²) in [5, 5.41) is 2.85. The lowest BCUT2D eigenvalue weighted by atomic mass is 9.99. The minimum atomic E-state index is -3.75. The van der Waals surface area contributed by atoms with Crippen molar-refractivity contribution in [3.05, 3.63) is 84.4 Å². The fourth-order valence-corrected chi connectivity index (χ4v) is 5.24. The molecule has 36 heavy (non-hydrogen) atoms. The van der Waals surface area contributed by atoms with Crippen LogP contribution in [0.15, 0.2) is 78.9 Å². The summed E-state index contributed by atoms with van der Waals surface area (Å²) in [5.74, 6) is 1.22. The van der Waals surface area contributed by atoms with Gasteiger partial charge in [-0.05, 0) is 60.7 Å². The number of para-hydroxylation sites is 3. The molecule has 1 heterocycles. The van der Waals surface area contributed by atoms with Gasteiger partial charge in [0.05, 0.1) is 11.9 Å². The number of nitrogens with zero attached hydrogens (tertiary/aromatic N) is 2. The van der Waals surface area contributed by atoms with Crippen molar-refractivity contribution >= 4 is 27.3 Å². The first-order chi connectivity index (χ1) is 17.3. The highest BCUT2D eigenvalue weighted by atomic mass is 32.2. The van der Waals surface area contributed by atoms with Crippen molar-refractivity contribution in [3.8, 4) is 11.5 Å². The van der Waals surface area contributed by atoms with Crippen LogP contribution in [0.1, 0.15) is 25.3 Å². The smallest absolute Gasteiger partial charge is 0.241 e. The Labute approximate surface area is 213 Å². The number of sulfonamides is 1. The molecule has 1 amide bonds. The van der Waals surface area contributed by atoms with Gasteiger partial charge in [0, 0.05) is 25.3 Å². The molecular weight excluding hydrogens is 474 g/mol. The molecule has 3 aromatic carbocycles. The zero-order valence-electron chi connectivity index (χ0n) is 20.8. The number of amides is 1. The highest BCUT2D eigenvalue weighted by Crippen LogP contribution is 2.33. The number of hydrogen-bond donors (Lipinski definition) is 1. The second-order valence-electron chi connectivity index (χ2n) is 9.29. The molecule has 0 spiro atoms. The van der Waals surface area contributed by atoms with Gasteiger partial charge in [0.1, 0.15) is 12.3 Å². The molecule has 0 aromatic heterocycles. The average molecular weight is 508 g/mol. The van der Waals surface area contributed by atoms with Gasteiger partial charge in [-0.1, -0.05) is 49.4 Å². The number of carbonyl (C=O) groups excluding carboxylic acids is 1. The lowest BCUT2D eigenvalue weighted by molar-refractivity contribution is -0.119. The topological polar surface area (TPSA) is 79.0 Å². The summed E-state index contributed by atoms with van der Waals surface area (Å²) in [6, 6.07) is 24.1. The second-order valence-corrected chi connectivity index (χ2v) is 11.2. The molecule has 1 N–H and O–H groups in total. The standard InChI is InChI=1S/C28H33N3O4S/c1-22-9-8-18-30(20-22)24-16-14-23(15-17-24)19-29-28(32)21-31(36(2,33)34)26-12-6-7-13-27(26)35-25-10-4-3-5-11-25/h3-7,10-17,22H,8-9,18-21H2,1-2H3,(H,29,32). The SMILES string of the molecule is CC1CCCN(c2ccc(CNC(=O)CN(c3ccccc3Oc3ccccc3)S(C)(=O)=O)cc2)C1. The molecule has 4 rings (SSSR count). The van der Waals surface area contributed by atoms with Crippen molar-refractivity contribution in [2.24, 2.45) is 5.92 Å². The van der Waals surface area contributed by atoms with Gasteiger partial charge in [-0.25, -0.2) is 8.42 Å². The first-order valence-corrected chi connectivity index (χ1v) is 14.0. The molecular formula is C28H33N3O4S. The van der Waals surface area contributed by atoms with E-state index in [1.165, 1.54) is 18.5 Å². The summed E-state index contributed by atoms with van der Waals surface area (Å²) in [5.41, 5.74) is 2.45. The molecule has 1 aliphatic heterocycles. The van der Waals surface area contributed by atoms with Crippen molar-refractivity contribution < 1.29 is 17.9 Å². The first kappa shape index (κ1) is 25.6. The predicted molar refractivity (Wildman–Crippen MR) is 144 cm³/mol. The van der Waals surface area contributed by atoms with E-state index in [2.05, 4.69) is 29.3 Å². The zero-order valence-corrected chi connectivity index (χ0v) is 21.6. The zero-order chi connectivity index (χ0) is 25.5. The van der Waals surface area contributed by atoms with E-state index < -0.39 is 15.9 Å². The number of rotatable bonds is 9. The van der Waals surface area contributed by atoms with Gasteiger partial charge in [-0.15, -0.1) is 0 Å². The van der Waals surface area contributed by atoms with Crippen LogP contribution in [0.2, 0.25) is 0 Å². The van der Waals surface area contributed by atoms with Crippen LogP contribution >= 0.6 is 0 Å². The van der Waals surface area contributed by atoms with Gasteiger partial charge < -0.3 is 15.0 Å². The molecule has 0 saturated carbocycles. The third kappa shape index (κ3) is 6.79. The van der Waals surface area contributed by atoms with E-state index in [0.717, 1.165) is 29.2 Å². The molecule has 1 saturated heterocycles. The largest absolute Gasteiger partial charge is 0.455 e. The number of hydrogen-bond acceptors (Lipinski definition) is 5. The maximum Gasteiger partial charge on any atom is 0.241 e. The van der Waals surface area contributed by atoms with Gasteiger partial charge >= 0.3 is 0 Å². The molecule has 190 valence electrons. The summed E-state index contributed by atoms with van der Waals surface area (Å²) >= 11 is 0. The van der Waals surface area contributed by atoms with E-state index >= 15 is 0 Å². The minimum Gasteiger partial charge on any atom is -0.455 e. The fourth-order valence-electron chi connectivity index (χ4n) is 4.38. The van der Waals surface area contributed by atoms with Crippen LogP contribution in [-0.2, 0) is 21.4 Å². The third-order valence-corrected chi connectivity index (χ3v) is 7.37. The molecule has 7 nitrogen and oxygen atoms in total. The molecule has 3 aromatic rings. The van der Waals surface area contributed by atoms with Gasteiger partial charge in [-0.2, -0.15) is 0 Å². The number of benzene rings is 3. The van der Waals surface area contributed by atoms with Crippen LogP contribution in [-0.4, -0.2) is 40.2 Å². The van der Waals surface area contributed by atoms with E-state index in [9.17, 15) is 13.2 Å². The van der Waals surface area contributed by atoms with Crippen LogP contribution in [0, 0.1) is 5.92 Å². The average Bonchev–Trinajstić information content (AvgIpc) is 2.87. The maximum atomic E-state index is 12.8. The van der Waals surface area contributed by atoms with Gasteiger partial charge in [-0.3, -0.25) is 9.10 Å². The molecule has 1 unspecified atom stereocenters. The quantitative estimate of drug-likeness (QED) is 0.450. The van der Waals surface area contributed by atoms with Crippen molar-refractivity contribution in [1.82, 2.24) is 5.32 Å². The Morgan fingerprint density at radius 3 is 2.42 bits per heavy atom. The van der Waals surface area contributed by atoms with E-state index in [0.29, 0.717) is 29.6 Å². The Balaban J connectivity index is 1.41. The summed E-state index contributed by atoms with van der Waals surface area (Å²) < 4.78 is 32.3. The van der Waals surface area contributed by atoms with Gasteiger partial charge in [0.25, 0.3) is 0 Å². The van der Waals surface area contributed by atoms with Crippen molar-refractivity contribution in [2.75, 3.05) is 35.1 Å². The van der Waals surface area contributed by atoms with Crippen LogP contribution in [0.4, 0.5) is 11.4 Å². The summed E-state index contributed by atoms with van der Waals surface area (Å²) in [7, 11) is -3.75. The van der Waals surface area contributed by atoms with Gasteiger partial charge in [0.15, 0.2) is 5.75 Å². The van der Waals surface area contributed by atoms with E-state index in [1.807, 2.05) is 30.3 Å². The number of piperidine rings is 1. The minimum absolute atomic E-state index is 0.305. The Morgan fingerprint density at radius 2 is 1.72 bits per heavy atom. The number of anilines is 2. The molecule has 8 heteroatoms. The van der Waals surface area contributed by atoms with Gasteiger partial charge in [0.2, 0.25) is 15.9 Å². The molecule has 1 atom stereocenters. The molecule has 1 aliphatic rings. The predicted octanol–water partition coefficient (Wildman–Crippen LogP) is 4.80. The highest BCUT2D eigenvalue weighted by Gasteiger charge is 2.24. The Hall–Kier alpha value is -3.52. The molecule has 0 bridgehead atoms. The van der Waals surface area contributed by atoms with Crippen LogP contribution in [0.5, 0.6) is 11.5 Å². The lowest BCUT2D eigenvalue weighted by Crippen LogP contribution is -2.40. The van der Waals surface area contributed by atoms with E-state index in [-0.39, 0.29) is 6.54 Å². The number of ether oxygens (including phenoxy) is 1. The Kier molecular flexibility index (Phi) is 8.15. The molecule has 1 fully saturated rings. The highest BCUT2D eigenvalue weighted by molar-refractivity contribution is 7.92. The summed E-state index contributed by atoms with van der Waals surface area (Å²) in [6.45, 7) is 4.37. The monoisotopic (exact) mass is 507 g/mol. The molecule has 0 radical (unpaired) electrons. The van der Waals surface area contributed by atoms with Crippen molar-refractivity contribution in [1.29, 1.82) is 0 Å². The van der Waals surface area contributed by atoms with Crippen LogP contribution < -0.4 is 19.3 Å². The lowest BCUT2D eigenvalue weighted by Gasteiger charge is -2.32. The van der Waals surface area contributed by atoms with Crippen molar-refractivity contribution in [2.45, 2.75) is 26.3 Å². The van der Waals surface area contributed by atoms with E-state index in [4.69, 9.17) is 4.74 Å². The molecule has 0 aliphatic carbocycles. The summed E-state index contributed by atoms with van der Waals surface area (Å²) in [6.07, 6.45) is 3.56. The fraction of sp³-hybridized carbons (Fsp3) is 0.321. The summed E-state index contributed by atoms with van der Waals surface area (Å²) in [4.78, 5) is 15.2. The second kappa shape index (κ2) is 11.5. The van der Waals surface area contributed by atoms with Crippen LogP contribution in [0.25, 0.3) is 0 Å². The van der Waals surface area contributed by atoms with E-state index in [1.54, 1.807) is 36.4 Å². The Bertz CT molecular complexity index is 1260.